The molecule has 18 heavy (non-hydrogen) atoms. The molecule has 0 spiro atoms. The Morgan fingerprint density at radius 3 is 2.50 bits per heavy atom. The Hall–Kier alpha value is -1.75. The molecule has 0 radical (unpaired) electrons. The van der Waals surface area contributed by atoms with E-state index in [9.17, 15) is 8.78 Å². The van der Waals surface area contributed by atoms with Gasteiger partial charge in [0, 0.05) is 12.6 Å². The van der Waals surface area contributed by atoms with E-state index in [0.29, 0.717) is 24.3 Å². The molecule has 0 aliphatic rings. The van der Waals surface area contributed by atoms with Crippen molar-refractivity contribution in [2.24, 2.45) is 0 Å². The second-order valence-electron chi connectivity index (χ2n) is 3.68. The smallest absolute Gasteiger partial charge is 0.149 e. The fourth-order valence-electron chi connectivity index (χ4n) is 1.52. The van der Waals surface area contributed by atoms with E-state index in [2.05, 4.69) is 15.3 Å². The Bertz CT molecular complexity index is 528. The van der Waals surface area contributed by atoms with Crippen LogP contribution in [0.5, 0.6) is 0 Å². The lowest BCUT2D eigenvalue weighted by Crippen LogP contribution is -2.07. The first-order chi connectivity index (χ1) is 8.63. The summed E-state index contributed by atoms with van der Waals surface area (Å²) >= 11 is 5.67. The monoisotopic (exact) mass is 269 g/mol. The molecule has 94 valence electrons. The summed E-state index contributed by atoms with van der Waals surface area (Å²) in [4.78, 5) is 7.84. The maximum absolute atomic E-state index is 12.9. The molecule has 1 heterocycles. The van der Waals surface area contributed by atoms with Crippen molar-refractivity contribution in [1.29, 1.82) is 0 Å². The van der Waals surface area contributed by atoms with E-state index >= 15 is 0 Å². The first-order valence-electron chi connectivity index (χ1n) is 5.30. The van der Waals surface area contributed by atoms with Gasteiger partial charge in [0.1, 0.15) is 22.6 Å². The SMILES string of the molecule is Fc1cc(F)cc(CCNc2cncc(Cl)n2)c1. The van der Waals surface area contributed by atoms with E-state index in [-0.39, 0.29) is 5.15 Å². The molecule has 0 saturated heterocycles. The van der Waals surface area contributed by atoms with Crippen LogP contribution < -0.4 is 5.32 Å². The minimum Gasteiger partial charge on any atom is -0.368 e. The lowest BCUT2D eigenvalue weighted by molar-refractivity contribution is 0.580. The molecule has 0 fully saturated rings. The number of anilines is 1. The summed E-state index contributed by atoms with van der Waals surface area (Å²) in [6.07, 6.45) is 3.43. The van der Waals surface area contributed by atoms with Gasteiger partial charge < -0.3 is 5.32 Å². The minimum atomic E-state index is -0.576. The molecule has 0 atom stereocenters. The molecule has 0 aliphatic carbocycles. The van der Waals surface area contributed by atoms with Gasteiger partial charge in [-0.3, -0.25) is 4.98 Å². The van der Waals surface area contributed by atoms with Crippen LogP contribution in [0.15, 0.2) is 30.6 Å². The predicted molar refractivity (Wildman–Crippen MR) is 65.6 cm³/mol. The van der Waals surface area contributed by atoms with Crippen molar-refractivity contribution in [1.82, 2.24) is 9.97 Å². The van der Waals surface area contributed by atoms with E-state index in [4.69, 9.17) is 11.6 Å². The third kappa shape index (κ3) is 3.63. The largest absolute Gasteiger partial charge is 0.368 e. The van der Waals surface area contributed by atoms with Crippen molar-refractivity contribution in [2.45, 2.75) is 6.42 Å². The Kier molecular flexibility index (Phi) is 4.04. The van der Waals surface area contributed by atoms with Gasteiger partial charge in [0.15, 0.2) is 0 Å². The Morgan fingerprint density at radius 2 is 1.83 bits per heavy atom. The molecule has 3 nitrogen and oxygen atoms in total. The van der Waals surface area contributed by atoms with Crippen LogP contribution in [0, 0.1) is 11.6 Å². The minimum absolute atomic E-state index is 0.289. The first kappa shape index (κ1) is 12.7. The number of halogens is 3. The summed E-state index contributed by atoms with van der Waals surface area (Å²) in [5.41, 5.74) is 0.579. The predicted octanol–water partition coefficient (Wildman–Crippen LogP) is 3.06. The van der Waals surface area contributed by atoms with Crippen LogP contribution in [0.1, 0.15) is 5.56 Å². The third-order valence-corrected chi connectivity index (χ3v) is 2.43. The number of aromatic nitrogens is 2. The van der Waals surface area contributed by atoms with Crippen molar-refractivity contribution in [3.05, 3.63) is 52.9 Å². The summed E-state index contributed by atoms with van der Waals surface area (Å²) in [6, 6.07) is 3.45. The number of hydrogen-bond acceptors (Lipinski definition) is 3. The maximum atomic E-state index is 12.9. The van der Waals surface area contributed by atoms with Crippen LogP contribution in [0.25, 0.3) is 0 Å². The fraction of sp³-hybridized carbons (Fsp3) is 0.167. The van der Waals surface area contributed by atoms with Gasteiger partial charge in [-0.15, -0.1) is 0 Å². The van der Waals surface area contributed by atoms with E-state index in [1.54, 1.807) is 0 Å². The van der Waals surface area contributed by atoms with Crippen molar-refractivity contribution in [3.63, 3.8) is 0 Å². The van der Waals surface area contributed by atoms with Crippen LogP contribution in [0.4, 0.5) is 14.6 Å². The van der Waals surface area contributed by atoms with Gasteiger partial charge >= 0.3 is 0 Å². The molecule has 0 amide bonds. The highest BCUT2D eigenvalue weighted by atomic mass is 35.5. The zero-order valence-electron chi connectivity index (χ0n) is 9.33. The third-order valence-electron chi connectivity index (χ3n) is 2.25. The standard InChI is InChI=1S/C12H10ClF2N3/c13-11-6-16-7-12(18-11)17-2-1-8-3-9(14)5-10(15)4-8/h3-7H,1-2H2,(H,17,18). The number of hydrogen-bond donors (Lipinski definition) is 1. The number of nitrogens with one attached hydrogen (secondary N) is 1. The second-order valence-corrected chi connectivity index (χ2v) is 4.07. The van der Waals surface area contributed by atoms with Gasteiger partial charge in [0.25, 0.3) is 0 Å². The van der Waals surface area contributed by atoms with E-state index in [1.165, 1.54) is 24.5 Å². The zero-order valence-corrected chi connectivity index (χ0v) is 10.1. The van der Waals surface area contributed by atoms with Gasteiger partial charge in [0.2, 0.25) is 0 Å². The highest BCUT2D eigenvalue weighted by Gasteiger charge is 2.01. The molecule has 6 heteroatoms. The topological polar surface area (TPSA) is 37.8 Å². The molecular formula is C12H10ClF2N3. The Labute approximate surface area is 108 Å². The molecule has 1 aromatic heterocycles. The lowest BCUT2D eigenvalue weighted by atomic mass is 10.1. The average molecular weight is 270 g/mol. The molecule has 2 aromatic rings. The molecular weight excluding hydrogens is 260 g/mol. The Balaban J connectivity index is 1.92. The van der Waals surface area contributed by atoms with E-state index < -0.39 is 11.6 Å². The molecule has 2 rings (SSSR count). The van der Waals surface area contributed by atoms with Gasteiger partial charge in [0.05, 0.1) is 12.4 Å². The average Bonchev–Trinajstić information content (AvgIpc) is 2.27. The van der Waals surface area contributed by atoms with E-state index in [0.717, 1.165) is 6.07 Å². The highest BCUT2D eigenvalue weighted by Crippen LogP contribution is 2.10. The molecule has 0 bridgehead atoms. The van der Waals surface area contributed by atoms with Gasteiger partial charge in [-0.2, -0.15) is 0 Å². The van der Waals surface area contributed by atoms with Crippen molar-refractivity contribution >= 4 is 17.4 Å². The zero-order chi connectivity index (χ0) is 13.0. The Morgan fingerprint density at radius 1 is 1.11 bits per heavy atom. The normalized spacial score (nSPS) is 10.4. The van der Waals surface area contributed by atoms with Crippen LogP contribution in [0.2, 0.25) is 5.15 Å². The first-order valence-corrected chi connectivity index (χ1v) is 5.68. The highest BCUT2D eigenvalue weighted by molar-refractivity contribution is 6.29. The molecule has 0 saturated carbocycles. The second kappa shape index (κ2) is 5.73. The van der Waals surface area contributed by atoms with Crippen molar-refractivity contribution in [2.75, 3.05) is 11.9 Å². The van der Waals surface area contributed by atoms with Gasteiger partial charge in [-0.25, -0.2) is 13.8 Å². The van der Waals surface area contributed by atoms with Gasteiger partial charge in [-0.1, -0.05) is 11.6 Å². The number of rotatable bonds is 4. The summed E-state index contributed by atoms with van der Waals surface area (Å²) in [7, 11) is 0. The number of nitrogens with zero attached hydrogens (tertiary/aromatic N) is 2. The van der Waals surface area contributed by atoms with Crippen LogP contribution in [-0.4, -0.2) is 16.5 Å². The van der Waals surface area contributed by atoms with Crippen LogP contribution in [0.3, 0.4) is 0 Å². The summed E-state index contributed by atoms with van der Waals surface area (Å²) < 4.78 is 25.9. The molecule has 1 N–H and O–H groups in total. The van der Waals surface area contributed by atoms with Crippen molar-refractivity contribution in [3.8, 4) is 0 Å². The van der Waals surface area contributed by atoms with Crippen molar-refractivity contribution < 1.29 is 8.78 Å². The molecule has 1 aromatic carbocycles. The summed E-state index contributed by atoms with van der Waals surface area (Å²) in [5.74, 6) is -0.625. The maximum Gasteiger partial charge on any atom is 0.149 e. The van der Waals surface area contributed by atoms with Crippen LogP contribution >= 0.6 is 11.6 Å². The summed E-state index contributed by atoms with van der Waals surface area (Å²) in [6.45, 7) is 0.484. The van der Waals surface area contributed by atoms with Gasteiger partial charge in [-0.05, 0) is 24.1 Å². The molecule has 0 aliphatic heterocycles. The number of benzene rings is 1. The van der Waals surface area contributed by atoms with E-state index in [1.807, 2.05) is 0 Å². The fourth-order valence-corrected chi connectivity index (χ4v) is 1.66. The summed E-state index contributed by atoms with van der Waals surface area (Å²) in [5, 5.41) is 3.26. The lowest BCUT2D eigenvalue weighted by Gasteiger charge is -2.05. The molecule has 0 unspecified atom stereocenters. The quantitative estimate of drug-likeness (QED) is 0.927. The van der Waals surface area contributed by atoms with Crippen LogP contribution in [-0.2, 0) is 6.42 Å².